The molecule has 0 saturated heterocycles. The normalized spacial score (nSPS) is 14.7. The molecular formula is C42H63MoNO2Si2. The Bertz CT molecular complexity index is 1220. The van der Waals surface area contributed by atoms with Crippen LogP contribution < -0.4 is 5.19 Å². The molecule has 2 aromatic carbocycles. The monoisotopic (exact) mass is 767 g/mol. The summed E-state index contributed by atoms with van der Waals surface area (Å²) in [7, 11) is 0.687. The molecule has 0 N–H and O–H groups in total. The topological polar surface area (TPSA) is 52.2 Å². The Morgan fingerprint density at radius 3 is 1.15 bits per heavy atom. The van der Waals surface area contributed by atoms with Crippen LogP contribution in [0.1, 0.15) is 115 Å². The third-order valence-corrected chi connectivity index (χ3v) is 9.66. The van der Waals surface area contributed by atoms with Crippen LogP contribution in [0.25, 0.3) is 0 Å². The van der Waals surface area contributed by atoms with Gasteiger partial charge < -0.3 is 0 Å². The van der Waals surface area contributed by atoms with Gasteiger partial charge in [0.1, 0.15) is 9.52 Å². The van der Waals surface area contributed by atoms with Gasteiger partial charge in [-0.2, -0.15) is 0 Å². The molecule has 262 valence electrons. The first-order valence-corrected chi connectivity index (χ1v) is 20.4. The van der Waals surface area contributed by atoms with Crippen LogP contribution in [0.5, 0.6) is 0 Å². The molecule has 0 atom stereocenters. The molecule has 8 radical (unpaired) electrons. The van der Waals surface area contributed by atoms with Crippen molar-refractivity contribution in [2.45, 2.75) is 142 Å². The molecule has 0 aliphatic heterocycles. The number of hydrogen-bond acceptors (Lipinski definition) is 1. The molecule has 1 aliphatic carbocycles. The van der Waals surface area contributed by atoms with Crippen molar-refractivity contribution in [3.05, 3.63) is 106 Å². The summed E-state index contributed by atoms with van der Waals surface area (Å²) in [5.74, 6) is 7.34. The van der Waals surface area contributed by atoms with Crippen LogP contribution in [0.3, 0.4) is 0 Å². The van der Waals surface area contributed by atoms with E-state index in [9.17, 15) is 0 Å². The second-order valence-corrected chi connectivity index (χ2v) is 19.5. The zero-order valence-corrected chi connectivity index (χ0v) is 37.7. The molecule has 3 nitrogen and oxygen atoms in total. The van der Waals surface area contributed by atoms with Crippen molar-refractivity contribution < 1.29 is 30.4 Å². The van der Waals surface area contributed by atoms with Gasteiger partial charge >= 0.3 is 22.6 Å². The summed E-state index contributed by atoms with van der Waals surface area (Å²) in [5, 5.41) is 2.70. The van der Waals surface area contributed by atoms with Gasteiger partial charge in [0.15, 0.2) is 0 Å². The number of rotatable bonds is 5. The second kappa shape index (κ2) is 23.2. The van der Waals surface area contributed by atoms with Crippen molar-refractivity contribution in [3.63, 3.8) is 0 Å². The summed E-state index contributed by atoms with van der Waals surface area (Å²) >= 11 is 0. The SMILES string of the molecule is C[C]1[C](C)[C](C)[C](C)[C]1C.C[Si](C)C.Cc1cc(C)c([Si]C(=NC(C)(C)CC(C)(C)C)c2c(C)cc(C)cc2C)c(C)c1.[C-]#[O+].[C-]#[O+].[Mo]. The van der Waals surface area contributed by atoms with Gasteiger partial charge in [0.05, 0.1) is 5.54 Å². The predicted octanol–water partition coefficient (Wildman–Crippen LogP) is 10.8. The zero-order chi connectivity index (χ0) is 37.6. The van der Waals surface area contributed by atoms with E-state index in [0.29, 0.717) is 9.52 Å². The maximum atomic E-state index is 7.50. The molecule has 0 amide bonds. The Morgan fingerprint density at radius 2 is 0.875 bits per heavy atom. The van der Waals surface area contributed by atoms with Gasteiger partial charge in [0.2, 0.25) is 0 Å². The van der Waals surface area contributed by atoms with E-state index in [2.05, 4.69) is 168 Å². The molecule has 1 aliphatic rings. The second-order valence-electron chi connectivity index (χ2n) is 15.3. The standard InChI is InChI=1S/C27H39NSi.C10H15.C3H9Si.2CO.Mo/c1-17-12-19(3)23(20(4)13-17)25(28-27(10,11)16-26(7,8)9)29-24-21(5)14-18(2)15-22(24)6;1-6-7(2)9(4)10(5)8(6)3;1-4(2)3;2*1-2;/h12-15H,16H2,1-11H3;1-5H3;1-3H3;;;. The van der Waals surface area contributed by atoms with Crippen LogP contribution in [0.2, 0.25) is 19.6 Å². The first kappa shape index (κ1) is 51.1. The summed E-state index contributed by atoms with van der Waals surface area (Å²) in [6.07, 6.45) is 1.06. The number of hydrogen-bond donors (Lipinski definition) is 0. The van der Waals surface area contributed by atoms with E-state index in [1.807, 2.05) is 0 Å². The van der Waals surface area contributed by atoms with E-state index in [1.165, 1.54) is 79.1 Å². The Morgan fingerprint density at radius 1 is 0.604 bits per heavy atom. The van der Waals surface area contributed by atoms with Crippen molar-refractivity contribution in [3.8, 4) is 0 Å². The first-order chi connectivity index (χ1) is 21.5. The fourth-order valence-corrected chi connectivity index (χ4v) is 7.90. The van der Waals surface area contributed by atoms with Gasteiger partial charge in [-0.3, -0.25) is 4.99 Å². The number of benzene rings is 2. The summed E-state index contributed by atoms with van der Waals surface area (Å²) in [5.41, 5.74) is 9.58. The van der Waals surface area contributed by atoms with Gasteiger partial charge in [-0.25, -0.2) is 0 Å². The van der Waals surface area contributed by atoms with Crippen LogP contribution in [-0.4, -0.2) is 29.2 Å². The Labute approximate surface area is 316 Å². The zero-order valence-electron chi connectivity index (χ0n) is 33.7. The first-order valence-electron chi connectivity index (χ1n) is 16.4. The molecule has 0 bridgehead atoms. The molecule has 2 aromatic rings. The molecule has 6 heteroatoms. The Kier molecular flexibility index (Phi) is 24.7. The molecule has 0 aromatic heterocycles. The maximum Gasteiger partial charge on any atom is 0 e. The molecular weight excluding hydrogens is 703 g/mol. The maximum absolute atomic E-state index is 7.50. The van der Waals surface area contributed by atoms with Crippen molar-refractivity contribution in [1.82, 2.24) is 0 Å². The summed E-state index contributed by atoms with van der Waals surface area (Å²) in [6, 6.07) is 9.21. The van der Waals surface area contributed by atoms with Crippen LogP contribution in [0, 0.1) is 89.8 Å². The van der Waals surface area contributed by atoms with E-state index < -0.39 is 0 Å². The van der Waals surface area contributed by atoms with E-state index in [1.54, 1.807) is 0 Å². The number of aliphatic imine (C=N–C) groups is 1. The van der Waals surface area contributed by atoms with Crippen LogP contribution >= 0.6 is 0 Å². The van der Waals surface area contributed by atoms with Crippen LogP contribution in [0.4, 0.5) is 0 Å². The minimum Gasteiger partial charge on any atom is 0 e. The largest absolute Gasteiger partial charge is 0 e. The van der Waals surface area contributed by atoms with Crippen molar-refractivity contribution >= 4 is 28.8 Å². The molecule has 0 spiro atoms. The van der Waals surface area contributed by atoms with Crippen LogP contribution in [-0.2, 0) is 30.4 Å². The summed E-state index contributed by atoms with van der Waals surface area (Å²) in [6.45, 7) is 51.6. The van der Waals surface area contributed by atoms with Gasteiger partial charge in [0, 0.05) is 35.2 Å². The van der Waals surface area contributed by atoms with Crippen molar-refractivity contribution in [1.29, 1.82) is 0 Å². The van der Waals surface area contributed by atoms with Gasteiger partial charge in [0.25, 0.3) is 0 Å². The fraction of sp³-hybridized carbons (Fsp3) is 0.524. The van der Waals surface area contributed by atoms with E-state index in [0.717, 1.165) is 6.42 Å². The summed E-state index contributed by atoms with van der Waals surface area (Å²) < 4.78 is 15.0. The number of nitrogens with zero attached hydrogens (tertiary/aromatic N) is 1. The minimum atomic E-state index is -0.100. The average Bonchev–Trinajstić information content (AvgIpc) is 3.08. The van der Waals surface area contributed by atoms with Crippen molar-refractivity contribution in [2.24, 2.45) is 10.4 Å². The molecule has 0 heterocycles. The van der Waals surface area contributed by atoms with E-state index in [-0.39, 0.29) is 40.8 Å². The van der Waals surface area contributed by atoms with Gasteiger partial charge in [-0.05, 0) is 114 Å². The van der Waals surface area contributed by atoms with Gasteiger partial charge in [-0.15, -0.1) is 0 Å². The van der Waals surface area contributed by atoms with Crippen LogP contribution in [0.15, 0.2) is 29.3 Å². The smallest absolute Gasteiger partial charge is 0 e. The average molecular weight is 766 g/mol. The minimum absolute atomic E-state index is 0. The molecule has 1 fully saturated rings. The molecule has 3 rings (SSSR count). The summed E-state index contributed by atoms with van der Waals surface area (Å²) in [4.78, 5) is 5.44. The third-order valence-electron chi connectivity index (χ3n) is 8.02. The predicted molar refractivity (Wildman–Crippen MR) is 207 cm³/mol. The Hall–Kier alpha value is -1.29. The molecule has 1 saturated carbocycles. The quantitative estimate of drug-likeness (QED) is 0.126. The number of aryl methyl sites for hydroxylation is 6. The van der Waals surface area contributed by atoms with E-state index in [4.69, 9.17) is 14.3 Å². The van der Waals surface area contributed by atoms with Gasteiger partial charge in [-0.1, -0.05) is 127 Å². The van der Waals surface area contributed by atoms with E-state index >= 15 is 0 Å². The molecule has 0 unspecified atom stereocenters. The molecule has 48 heavy (non-hydrogen) atoms. The Balaban J connectivity index is -0.000000879. The van der Waals surface area contributed by atoms with Crippen molar-refractivity contribution in [2.75, 3.05) is 0 Å². The third kappa shape index (κ3) is 17.6. The fourth-order valence-electron chi connectivity index (χ4n) is 6.24.